The van der Waals surface area contributed by atoms with E-state index in [4.69, 9.17) is 22.1 Å². The Morgan fingerprint density at radius 1 is 1.50 bits per heavy atom. The number of amides is 1. The molecule has 0 saturated heterocycles. The molecule has 2 rings (SSSR count). The first-order valence-electron chi connectivity index (χ1n) is 6.08. The zero-order valence-corrected chi connectivity index (χ0v) is 10.9. The molecule has 1 fully saturated rings. The predicted molar refractivity (Wildman–Crippen MR) is 72.7 cm³/mol. The lowest BCUT2D eigenvalue weighted by Crippen LogP contribution is -2.15. The predicted octanol–water partition coefficient (Wildman–Crippen LogP) is 2.68. The first-order chi connectivity index (χ1) is 8.65. The number of anilines is 2. The lowest BCUT2D eigenvalue weighted by Gasteiger charge is -2.08. The number of nitrogen functional groups attached to an aromatic ring is 1. The van der Waals surface area contributed by atoms with E-state index in [0.717, 1.165) is 12.5 Å². The summed E-state index contributed by atoms with van der Waals surface area (Å²) in [7, 11) is 0. The number of nitrogens with one attached hydrogen (secondary N) is 1. The van der Waals surface area contributed by atoms with E-state index in [9.17, 15) is 4.79 Å². The highest BCUT2D eigenvalue weighted by atomic mass is 35.5. The van der Waals surface area contributed by atoms with Gasteiger partial charge in [0.25, 0.3) is 0 Å². The molecule has 0 unspecified atom stereocenters. The number of hydrogen-bond acceptors (Lipinski definition) is 3. The van der Waals surface area contributed by atoms with Crippen molar-refractivity contribution in [1.82, 2.24) is 0 Å². The van der Waals surface area contributed by atoms with Gasteiger partial charge < -0.3 is 15.8 Å². The number of carbonyl (C=O) groups is 1. The molecule has 0 heterocycles. The molecule has 1 aromatic rings. The Hall–Kier alpha value is -1.26. The van der Waals surface area contributed by atoms with E-state index in [-0.39, 0.29) is 5.91 Å². The molecule has 18 heavy (non-hydrogen) atoms. The van der Waals surface area contributed by atoms with Crippen LogP contribution in [0.1, 0.15) is 19.3 Å². The summed E-state index contributed by atoms with van der Waals surface area (Å²) in [6.07, 6.45) is 2.86. The fourth-order valence-electron chi connectivity index (χ4n) is 1.56. The molecule has 5 heteroatoms. The number of halogens is 1. The van der Waals surface area contributed by atoms with Gasteiger partial charge >= 0.3 is 0 Å². The molecule has 0 atom stereocenters. The molecule has 1 amide bonds. The van der Waals surface area contributed by atoms with Gasteiger partial charge in [-0.05, 0) is 37.0 Å². The van der Waals surface area contributed by atoms with Gasteiger partial charge in [-0.25, -0.2) is 0 Å². The van der Waals surface area contributed by atoms with Crippen molar-refractivity contribution in [1.29, 1.82) is 0 Å². The smallest absolute Gasteiger partial charge is 0.226 e. The van der Waals surface area contributed by atoms with Crippen LogP contribution in [0.3, 0.4) is 0 Å². The Morgan fingerprint density at radius 3 is 2.94 bits per heavy atom. The van der Waals surface area contributed by atoms with E-state index in [0.29, 0.717) is 29.4 Å². The van der Waals surface area contributed by atoms with Gasteiger partial charge in [-0.1, -0.05) is 11.6 Å². The lowest BCUT2D eigenvalue weighted by molar-refractivity contribution is -0.117. The van der Waals surface area contributed by atoms with Crippen LogP contribution in [0.4, 0.5) is 11.4 Å². The minimum absolute atomic E-state index is 0.0974. The van der Waals surface area contributed by atoms with Crippen molar-refractivity contribution in [2.75, 3.05) is 24.3 Å². The van der Waals surface area contributed by atoms with Crippen LogP contribution in [0.15, 0.2) is 18.2 Å². The van der Waals surface area contributed by atoms with Crippen molar-refractivity contribution in [3.05, 3.63) is 23.2 Å². The highest BCUT2D eigenvalue weighted by Crippen LogP contribution is 2.28. The van der Waals surface area contributed by atoms with Gasteiger partial charge in [-0.15, -0.1) is 0 Å². The number of ether oxygens (including phenoxy) is 1. The number of rotatable bonds is 6. The van der Waals surface area contributed by atoms with Crippen LogP contribution in [0.25, 0.3) is 0 Å². The fourth-order valence-corrected chi connectivity index (χ4v) is 1.74. The second-order valence-corrected chi connectivity index (χ2v) is 4.98. The average Bonchev–Trinajstić information content (AvgIpc) is 3.12. The summed E-state index contributed by atoms with van der Waals surface area (Å²) in [5, 5.41) is 3.29. The van der Waals surface area contributed by atoms with Gasteiger partial charge in [0, 0.05) is 11.6 Å². The fraction of sp³-hybridized carbons (Fsp3) is 0.462. The third-order valence-electron chi connectivity index (χ3n) is 2.81. The maximum absolute atomic E-state index is 11.6. The molecule has 3 N–H and O–H groups in total. The van der Waals surface area contributed by atoms with E-state index in [1.165, 1.54) is 12.8 Å². The standard InChI is InChI=1S/C13H17ClN2O2/c14-10-3-4-12(11(15)7-10)16-13(17)5-6-18-8-9-1-2-9/h3-4,7,9H,1-2,5-6,8,15H2,(H,16,17). The quantitative estimate of drug-likeness (QED) is 0.616. The largest absolute Gasteiger partial charge is 0.397 e. The molecular formula is C13H17ClN2O2. The van der Waals surface area contributed by atoms with E-state index >= 15 is 0 Å². The second kappa shape index (κ2) is 6.07. The molecule has 1 saturated carbocycles. The topological polar surface area (TPSA) is 64.3 Å². The van der Waals surface area contributed by atoms with Crippen molar-refractivity contribution in [3.8, 4) is 0 Å². The third-order valence-corrected chi connectivity index (χ3v) is 3.05. The lowest BCUT2D eigenvalue weighted by atomic mass is 10.2. The van der Waals surface area contributed by atoms with E-state index in [2.05, 4.69) is 5.32 Å². The van der Waals surface area contributed by atoms with Crippen molar-refractivity contribution < 1.29 is 9.53 Å². The molecule has 0 aliphatic heterocycles. The third kappa shape index (κ3) is 4.20. The van der Waals surface area contributed by atoms with Crippen LogP contribution in [0.5, 0.6) is 0 Å². The Balaban J connectivity index is 1.71. The van der Waals surface area contributed by atoms with Gasteiger partial charge in [-0.3, -0.25) is 4.79 Å². The normalized spacial score (nSPS) is 14.5. The van der Waals surface area contributed by atoms with Crippen LogP contribution in [-0.2, 0) is 9.53 Å². The molecule has 1 aromatic carbocycles. The zero-order valence-electron chi connectivity index (χ0n) is 10.1. The maximum Gasteiger partial charge on any atom is 0.226 e. The summed E-state index contributed by atoms with van der Waals surface area (Å²) in [5.41, 5.74) is 6.80. The Morgan fingerprint density at radius 2 is 2.28 bits per heavy atom. The second-order valence-electron chi connectivity index (χ2n) is 4.55. The molecule has 98 valence electrons. The van der Waals surface area contributed by atoms with Crippen molar-refractivity contribution in [3.63, 3.8) is 0 Å². The summed E-state index contributed by atoms with van der Waals surface area (Å²) in [6.45, 7) is 1.23. The zero-order chi connectivity index (χ0) is 13.0. The monoisotopic (exact) mass is 268 g/mol. The summed E-state index contributed by atoms with van der Waals surface area (Å²) in [6, 6.07) is 5.00. The Labute approximate surface area is 111 Å². The van der Waals surface area contributed by atoms with E-state index < -0.39 is 0 Å². The minimum Gasteiger partial charge on any atom is -0.397 e. The van der Waals surface area contributed by atoms with Crippen LogP contribution in [0, 0.1) is 5.92 Å². The Bertz CT molecular complexity index is 433. The van der Waals surface area contributed by atoms with Crippen molar-refractivity contribution >= 4 is 28.9 Å². The van der Waals surface area contributed by atoms with Gasteiger partial charge in [0.05, 0.1) is 24.4 Å². The van der Waals surface area contributed by atoms with Crippen molar-refractivity contribution in [2.45, 2.75) is 19.3 Å². The molecule has 4 nitrogen and oxygen atoms in total. The highest BCUT2D eigenvalue weighted by Gasteiger charge is 2.21. The highest BCUT2D eigenvalue weighted by molar-refractivity contribution is 6.31. The summed E-state index contributed by atoms with van der Waals surface area (Å²) in [4.78, 5) is 11.6. The number of carbonyl (C=O) groups excluding carboxylic acids is 1. The SMILES string of the molecule is Nc1cc(Cl)ccc1NC(=O)CCOCC1CC1. The van der Waals surface area contributed by atoms with Crippen LogP contribution < -0.4 is 11.1 Å². The molecule has 1 aliphatic rings. The van der Waals surface area contributed by atoms with Gasteiger partial charge in [0.1, 0.15) is 0 Å². The van der Waals surface area contributed by atoms with E-state index in [1.807, 2.05) is 0 Å². The summed E-state index contributed by atoms with van der Waals surface area (Å²) in [5.74, 6) is 0.625. The molecule has 0 spiro atoms. The average molecular weight is 269 g/mol. The van der Waals surface area contributed by atoms with E-state index in [1.54, 1.807) is 18.2 Å². The van der Waals surface area contributed by atoms with Crippen LogP contribution >= 0.6 is 11.6 Å². The minimum atomic E-state index is -0.0974. The molecule has 1 aliphatic carbocycles. The van der Waals surface area contributed by atoms with Gasteiger partial charge in [0.2, 0.25) is 5.91 Å². The molecule has 0 aromatic heterocycles. The first-order valence-corrected chi connectivity index (χ1v) is 6.45. The van der Waals surface area contributed by atoms with Crippen LogP contribution in [0.2, 0.25) is 5.02 Å². The maximum atomic E-state index is 11.6. The van der Waals surface area contributed by atoms with Gasteiger partial charge in [0.15, 0.2) is 0 Å². The molecular weight excluding hydrogens is 252 g/mol. The number of hydrogen-bond donors (Lipinski definition) is 2. The number of benzene rings is 1. The number of nitrogens with two attached hydrogens (primary N) is 1. The summed E-state index contributed by atoms with van der Waals surface area (Å²) >= 11 is 5.78. The van der Waals surface area contributed by atoms with Crippen LogP contribution in [-0.4, -0.2) is 19.1 Å². The Kier molecular flexibility index (Phi) is 4.44. The molecule has 0 radical (unpaired) electrons. The van der Waals surface area contributed by atoms with Gasteiger partial charge in [-0.2, -0.15) is 0 Å². The van der Waals surface area contributed by atoms with Crippen molar-refractivity contribution in [2.24, 2.45) is 5.92 Å². The summed E-state index contributed by atoms with van der Waals surface area (Å²) < 4.78 is 5.40. The first kappa shape index (κ1) is 13.2. The molecule has 0 bridgehead atoms.